The lowest BCUT2D eigenvalue weighted by Crippen LogP contribution is -2.34. The molecule has 0 radical (unpaired) electrons. The van der Waals surface area contributed by atoms with Crippen LogP contribution in [0.5, 0.6) is 0 Å². The maximum absolute atomic E-state index is 9.10. The van der Waals surface area contributed by atoms with Crippen molar-refractivity contribution in [3.63, 3.8) is 0 Å². The predicted octanol–water partition coefficient (Wildman–Crippen LogP) is 4.62. The lowest BCUT2D eigenvalue weighted by Gasteiger charge is -2.20. The molecule has 2 N–H and O–H groups in total. The summed E-state index contributed by atoms with van der Waals surface area (Å²) < 4.78 is 0. The number of nitriles is 1. The molecule has 0 aliphatic heterocycles. The SMILES string of the molecule is Cc1cc(Nc2cccnc2)nc(N(C)/C(=N\C#N)Nc2ccc(Cl)c(Cl)c2)n1. The molecular weight excluding hydrogens is 411 g/mol. The van der Waals surface area contributed by atoms with Gasteiger partial charge in [0.2, 0.25) is 18.1 Å². The number of aryl methyl sites for hydroxylation is 1. The molecule has 8 nitrogen and oxygen atoms in total. The maximum atomic E-state index is 9.10. The van der Waals surface area contributed by atoms with Gasteiger partial charge in [0, 0.05) is 30.7 Å². The molecule has 146 valence electrons. The van der Waals surface area contributed by atoms with E-state index in [0.29, 0.717) is 27.5 Å². The van der Waals surface area contributed by atoms with Crippen molar-refractivity contribution < 1.29 is 0 Å². The molecule has 10 heteroatoms. The second kappa shape index (κ2) is 9.19. The average Bonchev–Trinajstić information content (AvgIpc) is 2.70. The molecule has 0 spiro atoms. The summed E-state index contributed by atoms with van der Waals surface area (Å²) in [5.74, 6) is 1.15. The smallest absolute Gasteiger partial charge is 0.234 e. The van der Waals surface area contributed by atoms with Crippen molar-refractivity contribution in [3.8, 4) is 6.19 Å². The summed E-state index contributed by atoms with van der Waals surface area (Å²) >= 11 is 12.0. The van der Waals surface area contributed by atoms with Crippen molar-refractivity contribution in [2.24, 2.45) is 4.99 Å². The minimum atomic E-state index is 0.226. The van der Waals surface area contributed by atoms with Gasteiger partial charge in [-0.1, -0.05) is 23.2 Å². The first kappa shape index (κ1) is 20.3. The molecule has 0 saturated heterocycles. The lowest BCUT2D eigenvalue weighted by molar-refractivity contribution is 1.03. The van der Waals surface area contributed by atoms with E-state index >= 15 is 0 Å². The molecule has 2 heterocycles. The monoisotopic (exact) mass is 426 g/mol. The molecule has 0 bridgehead atoms. The minimum absolute atomic E-state index is 0.226. The minimum Gasteiger partial charge on any atom is -0.339 e. The molecule has 29 heavy (non-hydrogen) atoms. The molecule has 0 atom stereocenters. The highest BCUT2D eigenvalue weighted by molar-refractivity contribution is 6.42. The Balaban J connectivity index is 1.87. The van der Waals surface area contributed by atoms with Crippen molar-refractivity contribution in [1.29, 1.82) is 5.26 Å². The molecule has 2 aromatic heterocycles. The molecule has 3 aromatic rings. The largest absolute Gasteiger partial charge is 0.339 e. The molecule has 0 amide bonds. The van der Waals surface area contributed by atoms with E-state index < -0.39 is 0 Å². The van der Waals surface area contributed by atoms with Crippen LogP contribution >= 0.6 is 23.2 Å². The molecule has 0 aliphatic rings. The molecular formula is C19H16Cl2N8. The fraction of sp³-hybridized carbons (Fsp3) is 0.105. The van der Waals surface area contributed by atoms with E-state index in [-0.39, 0.29) is 5.96 Å². The quantitative estimate of drug-likeness (QED) is 0.356. The lowest BCUT2D eigenvalue weighted by atomic mass is 10.3. The Hall–Kier alpha value is -3.41. The van der Waals surface area contributed by atoms with E-state index in [2.05, 4.69) is 30.6 Å². The Kier molecular flexibility index (Phi) is 6.44. The molecule has 0 fully saturated rings. The zero-order valence-corrected chi connectivity index (χ0v) is 17.1. The Morgan fingerprint density at radius 3 is 2.66 bits per heavy atom. The Morgan fingerprint density at radius 2 is 1.97 bits per heavy atom. The van der Waals surface area contributed by atoms with Crippen LogP contribution in [0, 0.1) is 18.4 Å². The summed E-state index contributed by atoms with van der Waals surface area (Å²) in [6.45, 7) is 1.85. The van der Waals surface area contributed by atoms with E-state index in [9.17, 15) is 0 Å². The normalized spacial score (nSPS) is 10.9. The topological polar surface area (TPSA) is 102 Å². The van der Waals surface area contributed by atoms with Crippen LogP contribution in [0.25, 0.3) is 0 Å². The fourth-order valence-electron chi connectivity index (χ4n) is 2.38. The number of rotatable bonds is 4. The number of halogens is 2. The Morgan fingerprint density at radius 1 is 1.14 bits per heavy atom. The van der Waals surface area contributed by atoms with Crippen molar-refractivity contribution in [3.05, 3.63) is 64.5 Å². The van der Waals surface area contributed by atoms with Crippen molar-refractivity contribution in [2.45, 2.75) is 6.92 Å². The second-order valence-electron chi connectivity index (χ2n) is 5.91. The van der Waals surface area contributed by atoms with Gasteiger partial charge >= 0.3 is 0 Å². The number of aliphatic imine (C=N–C) groups is 1. The number of guanidine groups is 1. The van der Waals surface area contributed by atoms with Crippen LogP contribution < -0.4 is 15.5 Å². The van der Waals surface area contributed by atoms with Crippen LogP contribution in [-0.4, -0.2) is 28.0 Å². The molecule has 1 aromatic carbocycles. The first-order valence-corrected chi connectivity index (χ1v) is 9.17. The van der Waals surface area contributed by atoms with E-state index in [0.717, 1.165) is 11.4 Å². The predicted molar refractivity (Wildman–Crippen MR) is 116 cm³/mol. The van der Waals surface area contributed by atoms with Gasteiger partial charge in [0.1, 0.15) is 5.82 Å². The van der Waals surface area contributed by atoms with Crippen LogP contribution in [0.3, 0.4) is 0 Å². The van der Waals surface area contributed by atoms with Gasteiger partial charge in [0.15, 0.2) is 0 Å². The van der Waals surface area contributed by atoms with E-state index in [1.807, 2.05) is 19.1 Å². The second-order valence-corrected chi connectivity index (χ2v) is 6.72. The zero-order valence-electron chi connectivity index (χ0n) is 15.6. The van der Waals surface area contributed by atoms with Gasteiger partial charge in [-0.05, 0) is 37.3 Å². The van der Waals surface area contributed by atoms with Crippen LogP contribution in [-0.2, 0) is 0 Å². The van der Waals surface area contributed by atoms with E-state index in [4.69, 9.17) is 28.5 Å². The number of benzene rings is 1. The van der Waals surface area contributed by atoms with Crippen LogP contribution in [0.4, 0.5) is 23.1 Å². The fourth-order valence-corrected chi connectivity index (χ4v) is 2.68. The first-order valence-electron chi connectivity index (χ1n) is 8.41. The van der Waals surface area contributed by atoms with Gasteiger partial charge in [-0.25, -0.2) is 4.98 Å². The van der Waals surface area contributed by atoms with Crippen molar-refractivity contribution in [1.82, 2.24) is 15.0 Å². The maximum Gasteiger partial charge on any atom is 0.234 e. The third-order valence-corrected chi connectivity index (χ3v) is 4.46. The highest BCUT2D eigenvalue weighted by atomic mass is 35.5. The molecule has 0 aliphatic carbocycles. The van der Waals surface area contributed by atoms with E-state index in [1.165, 1.54) is 0 Å². The van der Waals surface area contributed by atoms with Gasteiger partial charge in [0.25, 0.3) is 0 Å². The van der Waals surface area contributed by atoms with Gasteiger partial charge < -0.3 is 10.6 Å². The highest BCUT2D eigenvalue weighted by Gasteiger charge is 2.15. The summed E-state index contributed by atoms with van der Waals surface area (Å²) in [7, 11) is 1.70. The number of nitrogens with zero attached hydrogens (tertiary/aromatic N) is 6. The number of hydrogen-bond donors (Lipinski definition) is 2. The Labute approximate surface area is 177 Å². The third kappa shape index (κ3) is 5.31. The number of hydrogen-bond acceptors (Lipinski definition) is 6. The summed E-state index contributed by atoms with van der Waals surface area (Å²) in [6.07, 6.45) is 5.16. The molecule has 0 saturated carbocycles. The number of pyridine rings is 1. The molecule has 0 unspecified atom stereocenters. The van der Waals surface area contributed by atoms with Crippen LogP contribution in [0.2, 0.25) is 10.0 Å². The van der Waals surface area contributed by atoms with Gasteiger partial charge in [0.05, 0.1) is 21.9 Å². The van der Waals surface area contributed by atoms with Crippen LogP contribution in [0.1, 0.15) is 5.69 Å². The Bertz CT molecular complexity index is 1080. The standard InChI is InChI=1S/C19H16Cl2N8/c1-12-8-17(26-14-4-3-7-23-10-14)28-19(25-12)29(2)18(24-11-22)27-13-5-6-15(20)16(21)9-13/h3-10H,1-2H3,(H,24,27)(H,25,26,28). The highest BCUT2D eigenvalue weighted by Crippen LogP contribution is 2.25. The van der Waals surface area contributed by atoms with Crippen molar-refractivity contribution in [2.75, 3.05) is 22.6 Å². The number of aromatic nitrogens is 3. The zero-order chi connectivity index (χ0) is 20.8. The summed E-state index contributed by atoms with van der Waals surface area (Å²) in [5.41, 5.74) is 2.14. The van der Waals surface area contributed by atoms with Gasteiger partial charge in [-0.15, -0.1) is 4.99 Å². The third-order valence-electron chi connectivity index (χ3n) is 3.73. The van der Waals surface area contributed by atoms with Gasteiger partial charge in [-0.3, -0.25) is 9.88 Å². The summed E-state index contributed by atoms with van der Waals surface area (Å²) in [5, 5.41) is 16.1. The van der Waals surface area contributed by atoms with E-state index in [1.54, 1.807) is 54.8 Å². The first-order chi connectivity index (χ1) is 14.0. The number of anilines is 4. The average molecular weight is 427 g/mol. The summed E-state index contributed by atoms with van der Waals surface area (Å²) in [4.78, 5) is 18.4. The van der Waals surface area contributed by atoms with Crippen molar-refractivity contribution >= 4 is 52.3 Å². The number of nitrogens with one attached hydrogen (secondary N) is 2. The summed E-state index contributed by atoms with van der Waals surface area (Å²) in [6, 6.07) is 10.5. The van der Waals surface area contributed by atoms with Gasteiger partial charge in [-0.2, -0.15) is 10.2 Å². The molecule has 3 rings (SSSR count). The van der Waals surface area contributed by atoms with Crippen LogP contribution in [0.15, 0.2) is 53.8 Å².